The fraction of sp³-hybridized carbons (Fsp3) is 0.381. The van der Waals surface area contributed by atoms with Gasteiger partial charge in [0.1, 0.15) is 5.82 Å². The molecule has 2 aromatic heterocycles. The van der Waals surface area contributed by atoms with E-state index in [0.29, 0.717) is 11.6 Å². The molecule has 3 heterocycles. The summed E-state index contributed by atoms with van der Waals surface area (Å²) < 4.78 is 0. The maximum absolute atomic E-state index is 12.9. The lowest BCUT2D eigenvalue weighted by Crippen LogP contribution is -2.32. The largest absolute Gasteiger partial charge is 0.381 e. The summed E-state index contributed by atoms with van der Waals surface area (Å²) in [5.41, 5.74) is 3.52. The van der Waals surface area contributed by atoms with Gasteiger partial charge in [-0.15, -0.1) is 0 Å². The number of nitrogens with one attached hydrogen (secondary N) is 2. The number of aromatic amines is 1. The minimum absolute atomic E-state index is 0.0918. The minimum Gasteiger partial charge on any atom is -0.381 e. The molecule has 1 aliphatic heterocycles. The third-order valence-electron chi connectivity index (χ3n) is 5.26. The van der Waals surface area contributed by atoms with Gasteiger partial charge in [-0.1, -0.05) is 0 Å². The summed E-state index contributed by atoms with van der Waals surface area (Å²) >= 11 is 0. The van der Waals surface area contributed by atoms with E-state index < -0.39 is 0 Å². The molecule has 1 saturated heterocycles. The van der Waals surface area contributed by atoms with E-state index in [9.17, 15) is 4.79 Å². The van der Waals surface area contributed by atoms with Gasteiger partial charge in [-0.3, -0.25) is 4.79 Å². The van der Waals surface area contributed by atoms with E-state index in [1.807, 2.05) is 54.4 Å². The van der Waals surface area contributed by atoms with Gasteiger partial charge in [-0.2, -0.15) is 0 Å². The zero-order chi connectivity index (χ0) is 19.5. The minimum atomic E-state index is 0.0918. The molecule has 0 spiro atoms. The van der Waals surface area contributed by atoms with E-state index >= 15 is 0 Å². The van der Waals surface area contributed by atoms with Crippen molar-refractivity contribution in [2.45, 2.75) is 25.3 Å². The van der Waals surface area contributed by atoms with Crippen molar-refractivity contribution in [1.29, 1.82) is 0 Å². The first-order chi connectivity index (χ1) is 13.6. The summed E-state index contributed by atoms with van der Waals surface area (Å²) in [6, 6.07) is 10.1. The number of imidazole rings is 1. The summed E-state index contributed by atoms with van der Waals surface area (Å²) in [5, 5.41) is 3.57. The number of rotatable bonds is 4. The molecular weight excluding hydrogens is 352 g/mol. The predicted octanol–water partition coefficient (Wildman–Crippen LogP) is 3.13. The summed E-state index contributed by atoms with van der Waals surface area (Å²) in [5.74, 6) is 1.03. The van der Waals surface area contributed by atoms with E-state index in [1.54, 1.807) is 6.33 Å². The third kappa shape index (κ3) is 3.93. The van der Waals surface area contributed by atoms with Gasteiger partial charge in [0, 0.05) is 38.8 Å². The Kier molecular flexibility index (Phi) is 5.14. The predicted molar refractivity (Wildman–Crippen MR) is 112 cm³/mol. The van der Waals surface area contributed by atoms with Crippen LogP contribution in [0.25, 0.3) is 11.0 Å². The summed E-state index contributed by atoms with van der Waals surface area (Å²) in [7, 11) is 3.97. The molecule has 1 atom stereocenters. The van der Waals surface area contributed by atoms with Crippen molar-refractivity contribution < 1.29 is 4.79 Å². The molecule has 3 aromatic rings. The molecule has 0 aliphatic carbocycles. The third-order valence-corrected chi connectivity index (χ3v) is 5.26. The van der Waals surface area contributed by atoms with Crippen LogP contribution in [0.2, 0.25) is 0 Å². The van der Waals surface area contributed by atoms with E-state index in [0.717, 1.165) is 54.9 Å². The van der Waals surface area contributed by atoms with Gasteiger partial charge in [0.05, 0.1) is 29.2 Å². The highest BCUT2D eigenvalue weighted by atomic mass is 16.2. The van der Waals surface area contributed by atoms with Crippen molar-refractivity contribution >= 4 is 28.4 Å². The van der Waals surface area contributed by atoms with E-state index in [-0.39, 0.29) is 5.91 Å². The Balaban J connectivity index is 1.38. The average Bonchev–Trinajstić information content (AvgIpc) is 3.06. The van der Waals surface area contributed by atoms with E-state index in [4.69, 9.17) is 0 Å². The number of anilines is 2. The molecule has 4 rings (SSSR count). The zero-order valence-electron chi connectivity index (χ0n) is 16.4. The molecule has 1 aromatic carbocycles. The Labute approximate surface area is 164 Å². The van der Waals surface area contributed by atoms with Crippen molar-refractivity contribution in [2.24, 2.45) is 0 Å². The highest BCUT2D eigenvalue weighted by Gasteiger charge is 2.22. The van der Waals surface area contributed by atoms with Crippen LogP contribution in [0.15, 0.2) is 42.9 Å². The van der Waals surface area contributed by atoms with Crippen molar-refractivity contribution in [1.82, 2.24) is 19.9 Å². The van der Waals surface area contributed by atoms with E-state index in [1.165, 1.54) is 0 Å². The van der Waals surface area contributed by atoms with Crippen LogP contribution in [0.3, 0.4) is 0 Å². The number of nitrogens with zero attached hydrogens (tertiary/aromatic N) is 4. The number of likely N-dealkylation sites (tertiary alicyclic amines) is 1. The van der Waals surface area contributed by atoms with Crippen LogP contribution >= 0.6 is 0 Å². The summed E-state index contributed by atoms with van der Waals surface area (Å²) in [4.78, 5) is 28.6. The smallest absolute Gasteiger partial charge is 0.253 e. The van der Waals surface area contributed by atoms with Crippen molar-refractivity contribution in [3.63, 3.8) is 0 Å². The Hall–Kier alpha value is -3.09. The lowest BCUT2D eigenvalue weighted by atomic mass is 10.1. The molecule has 0 radical (unpaired) electrons. The number of amides is 1. The molecule has 7 nitrogen and oxygen atoms in total. The van der Waals surface area contributed by atoms with E-state index in [2.05, 4.69) is 26.3 Å². The zero-order valence-corrected chi connectivity index (χ0v) is 16.4. The average molecular weight is 378 g/mol. The molecule has 28 heavy (non-hydrogen) atoms. The molecule has 1 aliphatic rings. The molecule has 0 saturated carbocycles. The second-order valence-electron chi connectivity index (χ2n) is 7.50. The molecule has 1 amide bonds. The number of carbonyl (C=O) groups excluding carboxylic acids is 1. The number of pyridine rings is 1. The first-order valence-electron chi connectivity index (χ1n) is 9.72. The topological polar surface area (TPSA) is 77.1 Å². The van der Waals surface area contributed by atoms with Gasteiger partial charge in [-0.05, 0) is 49.6 Å². The first kappa shape index (κ1) is 18.3. The first-order valence-corrected chi connectivity index (χ1v) is 9.72. The van der Waals surface area contributed by atoms with Crippen molar-refractivity contribution in [3.05, 3.63) is 48.4 Å². The summed E-state index contributed by atoms with van der Waals surface area (Å²) in [6.07, 6.45) is 6.48. The van der Waals surface area contributed by atoms with Gasteiger partial charge in [0.15, 0.2) is 0 Å². The fourth-order valence-corrected chi connectivity index (χ4v) is 3.67. The number of H-pyrrole nitrogens is 1. The van der Waals surface area contributed by atoms with Crippen LogP contribution in [-0.2, 0) is 0 Å². The Morgan fingerprint density at radius 3 is 2.86 bits per heavy atom. The number of carbonyl (C=O) groups is 1. The Morgan fingerprint density at radius 1 is 1.18 bits per heavy atom. The maximum Gasteiger partial charge on any atom is 0.253 e. The molecule has 2 N–H and O–H groups in total. The highest BCUT2D eigenvalue weighted by Crippen LogP contribution is 2.20. The van der Waals surface area contributed by atoms with Gasteiger partial charge < -0.3 is 20.1 Å². The van der Waals surface area contributed by atoms with Crippen LogP contribution in [0.1, 0.15) is 29.6 Å². The quantitative estimate of drug-likeness (QED) is 0.729. The van der Waals surface area contributed by atoms with Crippen LogP contribution in [-0.4, -0.2) is 59.0 Å². The molecular formula is C21H26N6O. The number of hydrogen-bond donors (Lipinski definition) is 2. The molecule has 0 bridgehead atoms. The molecule has 146 valence electrons. The lowest BCUT2D eigenvalue weighted by molar-refractivity contribution is 0.0761. The standard InChI is InChI=1S/C21H26N6O/c1-26(2)20-8-6-17(13-22-20)25-16-4-3-10-27(11-9-16)21(28)15-5-7-18-19(12-15)24-14-23-18/h5-8,12-14,16,25H,3-4,9-11H2,1-2H3,(H,23,24). The SMILES string of the molecule is CN(C)c1ccc(NC2CCCN(C(=O)c3ccc4nc[nH]c4c3)CC2)cn1. The van der Waals surface area contributed by atoms with Crippen molar-refractivity contribution in [3.8, 4) is 0 Å². The number of aromatic nitrogens is 3. The molecule has 7 heteroatoms. The molecule has 1 fully saturated rings. The van der Waals surface area contributed by atoms with Gasteiger partial charge in [0.2, 0.25) is 0 Å². The second kappa shape index (κ2) is 7.88. The monoisotopic (exact) mass is 378 g/mol. The summed E-state index contributed by atoms with van der Waals surface area (Å²) in [6.45, 7) is 1.54. The van der Waals surface area contributed by atoms with Gasteiger partial charge in [0.25, 0.3) is 5.91 Å². The fourth-order valence-electron chi connectivity index (χ4n) is 3.67. The Morgan fingerprint density at radius 2 is 2.07 bits per heavy atom. The normalized spacial score (nSPS) is 17.4. The van der Waals surface area contributed by atoms with Gasteiger partial charge >= 0.3 is 0 Å². The van der Waals surface area contributed by atoms with Gasteiger partial charge in [-0.25, -0.2) is 9.97 Å². The van der Waals surface area contributed by atoms with Crippen molar-refractivity contribution in [2.75, 3.05) is 37.4 Å². The number of fused-ring (bicyclic) bond motifs is 1. The maximum atomic E-state index is 12.9. The van der Waals surface area contributed by atoms with Crippen LogP contribution < -0.4 is 10.2 Å². The lowest BCUT2D eigenvalue weighted by Gasteiger charge is -2.21. The number of hydrogen-bond acceptors (Lipinski definition) is 5. The van der Waals surface area contributed by atoms with Crippen LogP contribution in [0.5, 0.6) is 0 Å². The highest BCUT2D eigenvalue weighted by molar-refractivity contribution is 5.97. The Bertz CT molecular complexity index is 949. The number of benzene rings is 1. The van der Waals surface area contributed by atoms with Crippen LogP contribution in [0, 0.1) is 0 Å². The second-order valence-corrected chi connectivity index (χ2v) is 7.50. The molecule has 1 unspecified atom stereocenters. The van der Waals surface area contributed by atoms with Crippen LogP contribution in [0.4, 0.5) is 11.5 Å².